The molecule has 0 bridgehead atoms. The smallest absolute Gasteiger partial charge is 0.271 e. The first-order valence-electron chi connectivity index (χ1n) is 12.5. The van der Waals surface area contributed by atoms with E-state index in [4.69, 9.17) is 15.4 Å². The minimum Gasteiger partial charge on any atom is -0.481 e. The maximum Gasteiger partial charge on any atom is 0.271 e. The third-order valence-electron chi connectivity index (χ3n) is 7.09. The highest BCUT2D eigenvalue weighted by atomic mass is 19.1. The fraction of sp³-hybridized carbons (Fsp3) is 0.520. The van der Waals surface area contributed by atoms with Gasteiger partial charge in [0.1, 0.15) is 29.0 Å². The molecule has 0 unspecified atom stereocenters. The van der Waals surface area contributed by atoms with Crippen molar-refractivity contribution in [3.05, 3.63) is 35.8 Å². The average molecular weight is 532 g/mol. The van der Waals surface area contributed by atoms with Gasteiger partial charge in [-0.15, -0.1) is 5.10 Å². The highest BCUT2D eigenvalue weighted by molar-refractivity contribution is 6.65. The second kappa shape index (κ2) is 11.2. The van der Waals surface area contributed by atoms with Crippen LogP contribution in [-0.4, -0.2) is 56.4 Å². The Kier molecular flexibility index (Phi) is 8.02. The Hall–Kier alpha value is -3.90. The Morgan fingerprint density at radius 3 is 2.50 bits per heavy atom. The second-order valence-electron chi connectivity index (χ2n) is 9.71. The number of nitrogens with one attached hydrogen (secondary N) is 3. The monoisotopic (exact) mass is 531 g/mol. The Morgan fingerprint density at radius 1 is 1.29 bits per heavy atom. The molecule has 2 aliphatic rings. The SMILES string of the molecule is CC/C(=N/O)C(=N)C(=O)N[C@H](C(=O)Nc1cn([C@@H](C)c2cc(F)cnc2OC)nc1F)C(C1CC1)C1CC1. The number of ether oxygens (including phenoxy) is 1. The summed E-state index contributed by atoms with van der Waals surface area (Å²) in [5, 5.41) is 29.2. The molecule has 204 valence electrons. The van der Waals surface area contributed by atoms with E-state index in [1.54, 1.807) is 13.8 Å². The number of hydrogen-bond acceptors (Lipinski definition) is 8. The molecule has 2 amide bonds. The lowest BCUT2D eigenvalue weighted by atomic mass is 9.88. The van der Waals surface area contributed by atoms with Gasteiger partial charge in [0.05, 0.1) is 25.5 Å². The molecule has 2 aromatic heterocycles. The number of hydrogen-bond donors (Lipinski definition) is 4. The minimum absolute atomic E-state index is 0.111. The van der Waals surface area contributed by atoms with Gasteiger partial charge in [-0.05, 0) is 62.8 Å². The van der Waals surface area contributed by atoms with E-state index in [1.807, 2.05) is 0 Å². The van der Waals surface area contributed by atoms with Gasteiger partial charge in [-0.25, -0.2) is 9.37 Å². The number of oxime groups is 1. The molecule has 2 aromatic rings. The predicted molar refractivity (Wildman–Crippen MR) is 133 cm³/mol. The van der Waals surface area contributed by atoms with Crippen molar-refractivity contribution in [1.82, 2.24) is 20.1 Å². The molecule has 38 heavy (non-hydrogen) atoms. The standard InChI is InChI=1S/C25H31F2N7O4/c1-4-17(33-37)20(28)23(35)31-21(19(13-5-6-13)14-7-8-14)24(36)30-18-11-34(32-22(18)27)12(2)16-9-15(26)10-29-25(16)38-3/h9-14,19,21,28,37H,4-8H2,1-3H3,(H,30,36)(H,31,35)/b28-20?,33-17-/t12-,21-/m0/s1. The summed E-state index contributed by atoms with van der Waals surface area (Å²) in [7, 11) is 1.38. The van der Waals surface area contributed by atoms with Gasteiger partial charge in [-0.3, -0.25) is 19.7 Å². The number of anilines is 1. The molecule has 0 spiro atoms. The molecule has 2 atom stereocenters. The zero-order valence-corrected chi connectivity index (χ0v) is 21.4. The molecule has 2 heterocycles. The fourth-order valence-electron chi connectivity index (χ4n) is 4.79. The molecule has 4 N–H and O–H groups in total. The van der Waals surface area contributed by atoms with Crippen LogP contribution in [0.2, 0.25) is 0 Å². The topological polar surface area (TPSA) is 155 Å². The zero-order valence-electron chi connectivity index (χ0n) is 21.4. The van der Waals surface area contributed by atoms with E-state index >= 15 is 0 Å². The third-order valence-corrected chi connectivity index (χ3v) is 7.09. The normalized spacial score (nSPS) is 17.2. The Labute approximate surface area is 218 Å². The Morgan fingerprint density at radius 2 is 1.95 bits per heavy atom. The van der Waals surface area contributed by atoms with E-state index in [1.165, 1.54) is 24.1 Å². The minimum atomic E-state index is -1.02. The van der Waals surface area contributed by atoms with E-state index in [9.17, 15) is 18.4 Å². The van der Waals surface area contributed by atoms with E-state index < -0.39 is 41.4 Å². The van der Waals surface area contributed by atoms with Gasteiger partial charge in [0.15, 0.2) is 0 Å². The number of pyridine rings is 1. The highest BCUT2D eigenvalue weighted by Crippen LogP contribution is 2.51. The molecule has 0 aliphatic heterocycles. The molecule has 11 nitrogen and oxygen atoms in total. The Balaban J connectivity index is 1.57. The van der Waals surface area contributed by atoms with Gasteiger partial charge in [0.2, 0.25) is 11.8 Å². The predicted octanol–water partition coefficient (Wildman–Crippen LogP) is 3.29. The van der Waals surface area contributed by atoms with Gasteiger partial charge in [0.25, 0.3) is 11.9 Å². The average Bonchev–Trinajstić information content (AvgIpc) is 3.84. The maximum absolute atomic E-state index is 14.9. The van der Waals surface area contributed by atoms with Crippen LogP contribution in [0.1, 0.15) is 57.6 Å². The summed E-state index contributed by atoms with van der Waals surface area (Å²) in [6.07, 6.45) is 6.12. The number of nitrogens with zero attached hydrogens (tertiary/aromatic N) is 4. The summed E-state index contributed by atoms with van der Waals surface area (Å²) >= 11 is 0. The molecule has 2 fully saturated rings. The largest absolute Gasteiger partial charge is 0.481 e. The molecule has 13 heteroatoms. The number of halogens is 2. The van der Waals surface area contributed by atoms with Gasteiger partial charge in [0, 0.05) is 5.56 Å². The third kappa shape index (κ3) is 5.81. The lowest BCUT2D eigenvalue weighted by Crippen LogP contribution is -2.52. The van der Waals surface area contributed by atoms with Crippen LogP contribution in [0.15, 0.2) is 23.6 Å². The number of aromatic nitrogens is 3. The van der Waals surface area contributed by atoms with Crippen molar-refractivity contribution in [2.45, 2.75) is 58.0 Å². The summed E-state index contributed by atoms with van der Waals surface area (Å²) < 4.78 is 35.1. The zero-order chi connectivity index (χ0) is 27.6. The van der Waals surface area contributed by atoms with E-state index in [0.29, 0.717) is 5.56 Å². The van der Waals surface area contributed by atoms with Crippen LogP contribution in [0.4, 0.5) is 14.5 Å². The molecule has 0 radical (unpaired) electrons. The maximum atomic E-state index is 14.9. The van der Waals surface area contributed by atoms with Crippen LogP contribution < -0.4 is 15.4 Å². The Bertz CT molecular complexity index is 1240. The lowest BCUT2D eigenvalue weighted by Gasteiger charge is -2.27. The van der Waals surface area contributed by atoms with Crippen molar-refractivity contribution in [2.24, 2.45) is 22.9 Å². The van der Waals surface area contributed by atoms with Crippen molar-refractivity contribution >= 4 is 28.9 Å². The number of methoxy groups -OCH3 is 1. The molecule has 0 saturated heterocycles. The first kappa shape index (κ1) is 27.1. The molecule has 2 aliphatic carbocycles. The molecular weight excluding hydrogens is 500 g/mol. The number of rotatable bonds is 12. The van der Waals surface area contributed by atoms with E-state index in [0.717, 1.165) is 31.9 Å². The van der Waals surface area contributed by atoms with Crippen LogP contribution in [0, 0.1) is 34.9 Å². The molecular formula is C25H31F2N7O4. The van der Waals surface area contributed by atoms with Crippen LogP contribution in [-0.2, 0) is 9.59 Å². The van der Waals surface area contributed by atoms with Crippen molar-refractivity contribution in [2.75, 3.05) is 12.4 Å². The van der Waals surface area contributed by atoms with Crippen molar-refractivity contribution in [3.63, 3.8) is 0 Å². The summed E-state index contributed by atoms with van der Waals surface area (Å²) in [6.45, 7) is 3.28. The van der Waals surface area contributed by atoms with Gasteiger partial charge >= 0.3 is 0 Å². The van der Waals surface area contributed by atoms with E-state index in [2.05, 4.69) is 25.9 Å². The first-order valence-corrected chi connectivity index (χ1v) is 12.5. The van der Waals surface area contributed by atoms with Gasteiger partial charge < -0.3 is 20.6 Å². The number of carbonyl (C=O) groups excluding carboxylic acids is 2. The molecule has 0 aromatic carbocycles. The summed E-state index contributed by atoms with van der Waals surface area (Å²) in [5.74, 6) is -2.56. The van der Waals surface area contributed by atoms with Crippen LogP contribution in [0.25, 0.3) is 0 Å². The fourth-order valence-corrected chi connectivity index (χ4v) is 4.79. The van der Waals surface area contributed by atoms with Gasteiger partial charge in [-0.1, -0.05) is 12.1 Å². The second-order valence-corrected chi connectivity index (χ2v) is 9.71. The first-order chi connectivity index (χ1) is 18.2. The summed E-state index contributed by atoms with van der Waals surface area (Å²) in [5.41, 5.74) is -0.532. The van der Waals surface area contributed by atoms with Gasteiger partial charge in [-0.2, -0.15) is 4.39 Å². The highest BCUT2D eigenvalue weighted by Gasteiger charge is 2.48. The van der Waals surface area contributed by atoms with Crippen molar-refractivity contribution in [3.8, 4) is 5.88 Å². The lowest BCUT2D eigenvalue weighted by molar-refractivity contribution is -0.124. The number of carbonyl (C=O) groups is 2. The molecule has 4 rings (SSSR count). The van der Waals surface area contributed by atoms with Crippen LogP contribution in [0.5, 0.6) is 5.88 Å². The quantitative estimate of drug-likeness (QED) is 0.187. The summed E-state index contributed by atoms with van der Waals surface area (Å²) in [6, 6.07) is -0.488. The summed E-state index contributed by atoms with van der Waals surface area (Å²) in [4.78, 5) is 30.2. The number of amides is 2. The molecule has 2 saturated carbocycles. The van der Waals surface area contributed by atoms with E-state index in [-0.39, 0.29) is 41.5 Å². The van der Waals surface area contributed by atoms with Crippen molar-refractivity contribution in [1.29, 1.82) is 5.41 Å². The van der Waals surface area contributed by atoms with Crippen LogP contribution >= 0.6 is 0 Å². The van der Waals surface area contributed by atoms with Crippen LogP contribution in [0.3, 0.4) is 0 Å². The van der Waals surface area contributed by atoms with Crippen molar-refractivity contribution < 1.29 is 28.3 Å².